The Labute approximate surface area is 119 Å². The van der Waals surface area contributed by atoms with Crippen molar-refractivity contribution in [2.24, 2.45) is 0 Å². The van der Waals surface area contributed by atoms with Crippen LogP contribution < -0.4 is 0 Å². The highest BCUT2D eigenvalue weighted by Crippen LogP contribution is 2.09. The summed E-state index contributed by atoms with van der Waals surface area (Å²) in [4.78, 5) is 0. The third-order valence-electron chi connectivity index (χ3n) is 3.51. The molecule has 2 nitrogen and oxygen atoms in total. The average Bonchev–Trinajstić information content (AvgIpc) is 2.43. The summed E-state index contributed by atoms with van der Waals surface area (Å²) in [6.07, 6.45) is 18.8. The fourth-order valence-corrected chi connectivity index (χ4v) is 2.19. The molecule has 0 spiro atoms. The monoisotopic (exact) mass is 270 g/mol. The fraction of sp³-hybridized carbons (Fsp3) is 0.882. The number of allylic oxidation sites excluding steroid dienone is 2. The van der Waals surface area contributed by atoms with E-state index in [0.717, 1.165) is 25.7 Å². The maximum absolute atomic E-state index is 9.17. The first-order valence-corrected chi connectivity index (χ1v) is 8.25. The Morgan fingerprint density at radius 3 is 1.89 bits per heavy atom. The lowest BCUT2D eigenvalue weighted by Gasteiger charge is -2.05. The van der Waals surface area contributed by atoms with Gasteiger partial charge in [-0.3, -0.25) is 0 Å². The first kappa shape index (κ1) is 18.7. The summed E-state index contributed by atoms with van der Waals surface area (Å²) in [6, 6.07) is 0. The van der Waals surface area contributed by atoms with Crippen LogP contribution in [0.15, 0.2) is 12.2 Å². The van der Waals surface area contributed by atoms with E-state index in [1.807, 2.05) is 0 Å². The summed E-state index contributed by atoms with van der Waals surface area (Å²) >= 11 is 0. The van der Waals surface area contributed by atoms with Gasteiger partial charge in [0.05, 0.1) is 12.7 Å². The van der Waals surface area contributed by atoms with Gasteiger partial charge >= 0.3 is 0 Å². The van der Waals surface area contributed by atoms with Gasteiger partial charge in [-0.05, 0) is 32.1 Å². The molecule has 0 heterocycles. The summed E-state index contributed by atoms with van der Waals surface area (Å²) in [7, 11) is 0. The van der Waals surface area contributed by atoms with E-state index < -0.39 is 6.10 Å². The molecule has 1 atom stereocenters. The predicted molar refractivity (Wildman–Crippen MR) is 83.3 cm³/mol. The summed E-state index contributed by atoms with van der Waals surface area (Å²) in [5, 5.41) is 17.8. The largest absolute Gasteiger partial charge is 0.394 e. The van der Waals surface area contributed by atoms with Gasteiger partial charge in [0.2, 0.25) is 0 Å². The second-order valence-electron chi connectivity index (χ2n) is 5.50. The van der Waals surface area contributed by atoms with Crippen LogP contribution >= 0.6 is 0 Å². The first-order chi connectivity index (χ1) is 9.31. The standard InChI is InChI=1S/C17H34O2/c1-2-3-4-5-6-7-8-9-10-11-12-13-14-15-17(19)16-18/h9-10,17-19H,2-8,11-16H2,1H3/b10-9-/t17-/m1/s1. The number of hydrogen-bond acceptors (Lipinski definition) is 2. The second kappa shape index (κ2) is 15.7. The first-order valence-electron chi connectivity index (χ1n) is 8.25. The third kappa shape index (κ3) is 15.6. The molecule has 0 unspecified atom stereocenters. The van der Waals surface area contributed by atoms with E-state index in [1.54, 1.807) is 0 Å². The quantitative estimate of drug-likeness (QED) is 0.358. The van der Waals surface area contributed by atoms with Crippen LogP contribution in [0.4, 0.5) is 0 Å². The molecule has 0 aliphatic carbocycles. The van der Waals surface area contributed by atoms with Gasteiger partial charge in [-0.1, -0.05) is 64.0 Å². The molecule has 0 fully saturated rings. The van der Waals surface area contributed by atoms with Crippen LogP contribution in [0.1, 0.15) is 84.0 Å². The third-order valence-corrected chi connectivity index (χ3v) is 3.51. The lowest BCUT2D eigenvalue weighted by molar-refractivity contribution is 0.0860. The molecule has 2 heteroatoms. The molecule has 0 saturated heterocycles. The summed E-state index contributed by atoms with van der Waals surface area (Å²) < 4.78 is 0. The van der Waals surface area contributed by atoms with E-state index in [9.17, 15) is 5.11 Å². The number of aliphatic hydroxyl groups is 2. The number of hydrogen-bond donors (Lipinski definition) is 2. The zero-order chi connectivity index (χ0) is 14.2. The molecule has 0 radical (unpaired) electrons. The fourth-order valence-electron chi connectivity index (χ4n) is 2.19. The Hall–Kier alpha value is -0.340. The van der Waals surface area contributed by atoms with E-state index in [4.69, 9.17) is 5.11 Å². The molecule has 2 N–H and O–H groups in total. The Morgan fingerprint density at radius 2 is 1.32 bits per heavy atom. The van der Waals surface area contributed by atoms with Gasteiger partial charge in [-0.25, -0.2) is 0 Å². The Balaban J connectivity index is 3.09. The lowest BCUT2D eigenvalue weighted by atomic mass is 10.1. The second-order valence-corrected chi connectivity index (χ2v) is 5.50. The Morgan fingerprint density at radius 1 is 0.789 bits per heavy atom. The topological polar surface area (TPSA) is 40.5 Å². The van der Waals surface area contributed by atoms with E-state index in [0.29, 0.717) is 0 Å². The van der Waals surface area contributed by atoms with Gasteiger partial charge in [0, 0.05) is 0 Å². The van der Waals surface area contributed by atoms with Gasteiger partial charge in [0.25, 0.3) is 0 Å². The van der Waals surface area contributed by atoms with Crippen molar-refractivity contribution in [2.45, 2.75) is 90.1 Å². The molecule has 114 valence electrons. The molecule has 0 rings (SSSR count). The molecule has 0 aromatic heterocycles. The van der Waals surface area contributed by atoms with E-state index in [-0.39, 0.29) is 6.61 Å². The molecule has 0 aliphatic rings. The van der Waals surface area contributed by atoms with Gasteiger partial charge in [-0.15, -0.1) is 0 Å². The van der Waals surface area contributed by atoms with Crippen LogP contribution in [0.3, 0.4) is 0 Å². The zero-order valence-electron chi connectivity index (χ0n) is 12.8. The van der Waals surface area contributed by atoms with Gasteiger partial charge in [0.15, 0.2) is 0 Å². The molecular weight excluding hydrogens is 236 g/mol. The van der Waals surface area contributed by atoms with Crippen molar-refractivity contribution >= 4 is 0 Å². The summed E-state index contributed by atoms with van der Waals surface area (Å²) in [5.74, 6) is 0. The minimum Gasteiger partial charge on any atom is -0.394 e. The predicted octanol–water partition coefficient (Wildman–Crippen LogP) is 4.60. The zero-order valence-corrected chi connectivity index (χ0v) is 12.8. The summed E-state index contributed by atoms with van der Waals surface area (Å²) in [5.41, 5.74) is 0. The normalized spacial score (nSPS) is 13.2. The Kier molecular flexibility index (Phi) is 15.4. The van der Waals surface area contributed by atoms with Crippen LogP contribution in [0, 0.1) is 0 Å². The van der Waals surface area contributed by atoms with Gasteiger partial charge in [-0.2, -0.15) is 0 Å². The minimum absolute atomic E-state index is 0.0990. The smallest absolute Gasteiger partial charge is 0.0770 e. The van der Waals surface area contributed by atoms with Gasteiger partial charge < -0.3 is 10.2 Å². The Bertz CT molecular complexity index is 190. The molecule has 0 aliphatic heterocycles. The summed E-state index contributed by atoms with van der Waals surface area (Å²) in [6.45, 7) is 2.16. The molecule has 0 bridgehead atoms. The van der Waals surface area contributed by atoms with Crippen LogP contribution in [0.5, 0.6) is 0 Å². The van der Waals surface area contributed by atoms with E-state index in [2.05, 4.69) is 19.1 Å². The van der Waals surface area contributed by atoms with Crippen molar-refractivity contribution in [3.63, 3.8) is 0 Å². The molecule has 0 aromatic carbocycles. The SMILES string of the molecule is CCCCCCCC/C=C\CCCCC[C@@H](O)CO. The highest BCUT2D eigenvalue weighted by molar-refractivity contribution is 4.81. The van der Waals surface area contributed by atoms with Crippen molar-refractivity contribution in [3.05, 3.63) is 12.2 Å². The molecule has 0 aromatic rings. The van der Waals surface area contributed by atoms with E-state index >= 15 is 0 Å². The van der Waals surface area contributed by atoms with Crippen molar-refractivity contribution in [2.75, 3.05) is 6.61 Å². The lowest BCUT2D eigenvalue weighted by Crippen LogP contribution is -2.10. The van der Waals surface area contributed by atoms with Crippen molar-refractivity contribution in [3.8, 4) is 0 Å². The van der Waals surface area contributed by atoms with Gasteiger partial charge in [0.1, 0.15) is 0 Å². The maximum atomic E-state index is 9.17. The highest BCUT2D eigenvalue weighted by Gasteiger charge is 1.99. The number of unbranched alkanes of at least 4 members (excludes halogenated alkanes) is 9. The molecular formula is C17H34O2. The van der Waals surface area contributed by atoms with Crippen molar-refractivity contribution in [1.82, 2.24) is 0 Å². The molecule has 0 amide bonds. The van der Waals surface area contributed by atoms with Crippen LogP contribution in [-0.2, 0) is 0 Å². The highest BCUT2D eigenvalue weighted by atomic mass is 16.3. The van der Waals surface area contributed by atoms with Crippen LogP contribution in [-0.4, -0.2) is 22.9 Å². The average molecular weight is 270 g/mol. The van der Waals surface area contributed by atoms with E-state index in [1.165, 1.54) is 51.4 Å². The number of rotatable bonds is 14. The minimum atomic E-state index is -0.511. The van der Waals surface area contributed by atoms with Crippen LogP contribution in [0.2, 0.25) is 0 Å². The molecule has 19 heavy (non-hydrogen) atoms. The number of aliphatic hydroxyl groups excluding tert-OH is 2. The van der Waals surface area contributed by atoms with Crippen LogP contribution in [0.25, 0.3) is 0 Å². The van der Waals surface area contributed by atoms with Crippen molar-refractivity contribution < 1.29 is 10.2 Å². The molecule has 0 saturated carbocycles. The van der Waals surface area contributed by atoms with Crippen molar-refractivity contribution in [1.29, 1.82) is 0 Å². The maximum Gasteiger partial charge on any atom is 0.0770 e.